The molecular formula is C12H13N5S. The van der Waals surface area contributed by atoms with Crippen LogP contribution >= 0.6 is 11.3 Å². The maximum Gasteiger partial charge on any atom is 0.167 e. The van der Waals surface area contributed by atoms with Crippen LogP contribution in [0.1, 0.15) is 34.8 Å². The standard InChI is InChI=1S/C12H13N5S/c1-7-8(2)16-17-11(10(7)6-13)15-9(3)12-14-4-5-18-12/h4-5,9H,1-3H3,(H,15,17). The zero-order valence-electron chi connectivity index (χ0n) is 10.4. The molecule has 2 aromatic rings. The lowest BCUT2D eigenvalue weighted by atomic mass is 10.1. The largest absolute Gasteiger partial charge is 0.359 e. The fourth-order valence-corrected chi connectivity index (χ4v) is 2.21. The van der Waals surface area contributed by atoms with Gasteiger partial charge in [-0.1, -0.05) is 0 Å². The Hall–Kier alpha value is -2.00. The van der Waals surface area contributed by atoms with Crippen LogP contribution in [-0.2, 0) is 0 Å². The van der Waals surface area contributed by atoms with Crippen molar-refractivity contribution in [2.45, 2.75) is 26.8 Å². The fraction of sp³-hybridized carbons (Fsp3) is 0.333. The van der Waals surface area contributed by atoms with Crippen molar-refractivity contribution in [2.24, 2.45) is 0 Å². The van der Waals surface area contributed by atoms with E-state index in [9.17, 15) is 5.26 Å². The summed E-state index contributed by atoms with van der Waals surface area (Å²) >= 11 is 1.57. The van der Waals surface area contributed by atoms with E-state index in [2.05, 4.69) is 26.6 Å². The third-order valence-electron chi connectivity index (χ3n) is 2.74. The highest BCUT2D eigenvalue weighted by molar-refractivity contribution is 7.09. The van der Waals surface area contributed by atoms with Crippen molar-refractivity contribution in [3.63, 3.8) is 0 Å². The van der Waals surface area contributed by atoms with E-state index in [1.807, 2.05) is 26.2 Å². The molecule has 5 nitrogen and oxygen atoms in total. The summed E-state index contributed by atoms with van der Waals surface area (Å²) in [7, 11) is 0. The molecule has 0 amide bonds. The molecule has 0 radical (unpaired) electrons. The van der Waals surface area contributed by atoms with E-state index in [1.54, 1.807) is 17.5 Å². The van der Waals surface area contributed by atoms with E-state index in [1.165, 1.54) is 0 Å². The smallest absolute Gasteiger partial charge is 0.167 e. The quantitative estimate of drug-likeness (QED) is 0.917. The van der Waals surface area contributed by atoms with Gasteiger partial charge in [0, 0.05) is 11.6 Å². The highest BCUT2D eigenvalue weighted by Gasteiger charge is 2.14. The van der Waals surface area contributed by atoms with Crippen LogP contribution in [0.25, 0.3) is 0 Å². The third kappa shape index (κ3) is 2.31. The van der Waals surface area contributed by atoms with Gasteiger partial charge >= 0.3 is 0 Å². The first-order valence-electron chi connectivity index (χ1n) is 5.53. The lowest BCUT2D eigenvalue weighted by Crippen LogP contribution is -2.11. The molecule has 1 N–H and O–H groups in total. The summed E-state index contributed by atoms with van der Waals surface area (Å²) in [4.78, 5) is 4.23. The zero-order chi connectivity index (χ0) is 13.1. The highest BCUT2D eigenvalue weighted by Crippen LogP contribution is 2.23. The summed E-state index contributed by atoms with van der Waals surface area (Å²) in [5.74, 6) is 0.517. The van der Waals surface area contributed by atoms with Crippen LogP contribution in [0, 0.1) is 25.2 Å². The normalized spacial score (nSPS) is 11.9. The molecule has 0 aliphatic heterocycles. The average molecular weight is 259 g/mol. The van der Waals surface area contributed by atoms with Crippen LogP contribution < -0.4 is 5.32 Å². The lowest BCUT2D eigenvalue weighted by molar-refractivity contribution is 0.839. The molecule has 2 rings (SSSR count). The minimum absolute atomic E-state index is 0.00788. The summed E-state index contributed by atoms with van der Waals surface area (Å²) in [6.45, 7) is 5.70. The van der Waals surface area contributed by atoms with E-state index in [4.69, 9.17) is 0 Å². The Morgan fingerprint density at radius 2 is 2.17 bits per heavy atom. The Kier molecular flexibility index (Phi) is 3.53. The van der Waals surface area contributed by atoms with Crippen molar-refractivity contribution < 1.29 is 0 Å². The Morgan fingerprint density at radius 3 is 2.78 bits per heavy atom. The second kappa shape index (κ2) is 5.10. The summed E-state index contributed by atoms with van der Waals surface area (Å²) in [5.41, 5.74) is 2.19. The average Bonchev–Trinajstić information content (AvgIpc) is 2.88. The van der Waals surface area contributed by atoms with Crippen LogP contribution in [0.3, 0.4) is 0 Å². The second-order valence-corrected chi connectivity index (χ2v) is 4.91. The summed E-state index contributed by atoms with van der Waals surface area (Å²) < 4.78 is 0. The number of nitriles is 1. The summed E-state index contributed by atoms with van der Waals surface area (Å²) in [6.07, 6.45) is 1.76. The molecule has 0 saturated heterocycles. The second-order valence-electron chi connectivity index (χ2n) is 3.98. The van der Waals surface area contributed by atoms with E-state index < -0.39 is 0 Å². The molecule has 1 unspecified atom stereocenters. The number of anilines is 1. The van der Waals surface area contributed by atoms with Crippen LogP contribution in [-0.4, -0.2) is 15.2 Å². The Labute approximate surface area is 110 Å². The predicted octanol–water partition coefficient (Wildman–Crippen LogP) is 2.59. The monoisotopic (exact) mass is 259 g/mol. The highest BCUT2D eigenvalue weighted by atomic mass is 32.1. The number of nitrogens with one attached hydrogen (secondary N) is 1. The minimum atomic E-state index is 0.00788. The van der Waals surface area contributed by atoms with Gasteiger partial charge in [-0.15, -0.1) is 16.4 Å². The molecule has 0 fully saturated rings. The first-order chi connectivity index (χ1) is 8.63. The fourth-order valence-electron chi connectivity index (χ4n) is 1.56. The van der Waals surface area contributed by atoms with Crippen LogP contribution in [0.5, 0.6) is 0 Å². The molecule has 0 spiro atoms. The van der Waals surface area contributed by atoms with Crippen molar-refractivity contribution in [3.8, 4) is 6.07 Å². The number of nitrogens with zero attached hydrogens (tertiary/aromatic N) is 4. The number of hydrogen-bond donors (Lipinski definition) is 1. The van der Waals surface area contributed by atoms with Gasteiger partial charge < -0.3 is 5.32 Å². The van der Waals surface area contributed by atoms with Crippen LogP contribution in [0.2, 0.25) is 0 Å². The van der Waals surface area contributed by atoms with E-state index >= 15 is 0 Å². The van der Waals surface area contributed by atoms with Gasteiger partial charge in [0.25, 0.3) is 0 Å². The molecule has 0 aliphatic carbocycles. The number of aryl methyl sites for hydroxylation is 1. The first-order valence-corrected chi connectivity index (χ1v) is 6.41. The van der Waals surface area contributed by atoms with Gasteiger partial charge in [0.1, 0.15) is 16.6 Å². The van der Waals surface area contributed by atoms with Crippen molar-refractivity contribution >= 4 is 17.2 Å². The molecule has 0 aromatic carbocycles. The van der Waals surface area contributed by atoms with E-state index in [-0.39, 0.29) is 6.04 Å². The molecule has 0 bridgehead atoms. The van der Waals surface area contributed by atoms with Gasteiger partial charge in [-0.25, -0.2) is 4.98 Å². The predicted molar refractivity (Wildman–Crippen MR) is 70.4 cm³/mol. The number of rotatable bonds is 3. The van der Waals surface area contributed by atoms with Gasteiger partial charge in [-0.3, -0.25) is 0 Å². The SMILES string of the molecule is Cc1nnc(NC(C)c2nccs2)c(C#N)c1C. The Bertz CT molecular complexity index is 585. The molecule has 92 valence electrons. The number of hydrogen-bond acceptors (Lipinski definition) is 6. The maximum absolute atomic E-state index is 9.20. The van der Waals surface area contributed by atoms with Crippen molar-refractivity contribution in [1.29, 1.82) is 5.26 Å². The van der Waals surface area contributed by atoms with Gasteiger partial charge in [-0.05, 0) is 26.3 Å². The van der Waals surface area contributed by atoms with Crippen LogP contribution in [0.4, 0.5) is 5.82 Å². The van der Waals surface area contributed by atoms with Crippen molar-refractivity contribution in [2.75, 3.05) is 5.32 Å². The molecular weight excluding hydrogens is 246 g/mol. The van der Waals surface area contributed by atoms with Crippen LogP contribution in [0.15, 0.2) is 11.6 Å². The Morgan fingerprint density at radius 1 is 1.39 bits per heavy atom. The molecule has 1 atom stereocenters. The molecule has 6 heteroatoms. The van der Waals surface area contributed by atoms with Gasteiger partial charge in [-0.2, -0.15) is 10.4 Å². The molecule has 0 aliphatic rings. The summed E-state index contributed by atoms with van der Waals surface area (Å²) in [5, 5.41) is 23.4. The third-order valence-corrected chi connectivity index (χ3v) is 3.70. The number of aromatic nitrogens is 3. The zero-order valence-corrected chi connectivity index (χ0v) is 11.2. The van der Waals surface area contributed by atoms with E-state index in [0.29, 0.717) is 11.4 Å². The molecule has 18 heavy (non-hydrogen) atoms. The lowest BCUT2D eigenvalue weighted by Gasteiger charge is -2.13. The number of thiazole rings is 1. The maximum atomic E-state index is 9.20. The molecule has 2 heterocycles. The minimum Gasteiger partial charge on any atom is -0.359 e. The first kappa shape index (κ1) is 12.5. The molecule has 0 saturated carbocycles. The summed E-state index contributed by atoms with van der Waals surface area (Å²) in [6, 6.07) is 2.18. The van der Waals surface area contributed by atoms with Gasteiger partial charge in [0.15, 0.2) is 5.82 Å². The molecule has 2 aromatic heterocycles. The topological polar surface area (TPSA) is 74.5 Å². The van der Waals surface area contributed by atoms with Crippen molar-refractivity contribution in [1.82, 2.24) is 15.2 Å². The van der Waals surface area contributed by atoms with Gasteiger partial charge in [0.2, 0.25) is 0 Å². The Balaban J connectivity index is 2.30. The van der Waals surface area contributed by atoms with Gasteiger partial charge in [0.05, 0.1) is 11.7 Å². The van der Waals surface area contributed by atoms with Crippen molar-refractivity contribution in [3.05, 3.63) is 33.4 Å². The van der Waals surface area contributed by atoms with E-state index in [0.717, 1.165) is 16.3 Å².